The van der Waals surface area contributed by atoms with E-state index in [1.165, 1.54) is 48.2 Å². The van der Waals surface area contributed by atoms with Gasteiger partial charge in [0, 0.05) is 37.5 Å². The van der Waals surface area contributed by atoms with Gasteiger partial charge in [0.1, 0.15) is 11.6 Å². The summed E-state index contributed by atoms with van der Waals surface area (Å²) in [4.78, 5) is 24.0. The van der Waals surface area contributed by atoms with E-state index in [1.807, 2.05) is 0 Å². The summed E-state index contributed by atoms with van der Waals surface area (Å²) < 4.78 is 33.7. The molecule has 0 spiro atoms. The van der Waals surface area contributed by atoms with Crippen LogP contribution >= 0.6 is 0 Å². The third kappa shape index (κ3) is 4.96. The molecule has 1 heterocycles. The average Bonchev–Trinajstić information content (AvgIpc) is 2.57. The molecule has 0 unspecified atom stereocenters. The number of rotatable bonds is 7. The Balaban J connectivity index is 2.07. The van der Waals surface area contributed by atoms with E-state index in [-0.39, 0.29) is 23.1 Å². The minimum Gasteiger partial charge on any atom is -0.383 e. The standard InChI is InChI=1S/C18H20F2N2O3/c1-12(10-14-15(19)4-3-5-16(14)20)21-18(24)13-6-7-17(23)22(11-13)8-9-25-2/h3-7,11-12H,8-10H2,1-2H3,(H,21,24)/t12-/m1/s1. The van der Waals surface area contributed by atoms with Gasteiger partial charge in [-0.05, 0) is 31.5 Å². The van der Waals surface area contributed by atoms with E-state index in [1.54, 1.807) is 6.92 Å². The Hall–Kier alpha value is -2.54. The molecule has 2 rings (SSSR count). The van der Waals surface area contributed by atoms with Gasteiger partial charge in [0.05, 0.1) is 12.2 Å². The summed E-state index contributed by atoms with van der Waals surface area (Å²) in [6.45, 7) is 2.32. The van der Waals surface area contributed by atoms with Gasteiger partial charge in [0.25, 0.3) is 11.5 Å². The molecule has 25 heavy (non-hydrogen) atoms. The van der Waals surface area contributed by atoms with E-state index in [9.17, 15) is 18.4 Å². The Kier molecular flexibility index (Phi) is 6.41. The summed E-state index contributed by atoms with van der Waals surface area (Å²) in [6.07, 6.45) is 1.46. The third-order valence-corrected chi connectivity index (χ3v) is 3.73. The number of pyridine rings is 1. The number of halogens is 2. The van der Waals surface area contributed by atoms with Gasteiger partial charge in [-0.15, -0.1) is 0 Å². The number of nitrogens with one attached hydrogen (secondary N) is 1. The largest absolute Gasteiger partial charge is 0.383 e. The van der Waals surface area contributed by atoms with Gasteiger partial charge in [-0.2, -0.15) is 0 Å². The molecule has 0 aliphatic heterocycles. The van der Waals surface area contributed by atoms with E-state index < -0.39 is 23.6 Å². The summed E-state index contributed by atoms with van der Waals surface area (Å²) >= 11 is 0. The van der Waals surface area contributed by atoms with Crippen molar-refractivity contribution in [2.24, 2.45) is 0 Å². The van der Waals surface area contributed by atoms with Crippen molar-refractivity contribution < 1.29 is 18.3 Å². The predicted octanol–water partition coefficient (Wildman–Crippen LogP) is 2.13. The Morgan fingerprint density at radius 3 is 2.56 bits per heavy atom. The van der Waals surface area contributed by atoms with Crippen LogP contribution in [0.25, 0.3) is 0 Å². The van der Waals surface area contributed by atoms with Gasteiger partial charge in [0.15, 0.2) is 0 Å². The third-order valence-electron chi connectivity index (χ3n) is 3.73. The van der Waals surface area contributed by atoms with Gasteiger partial charge < -0.3 is 14.6 Å². The summed E-state index contributed by atoms with van der Waals surface area (Å²) in [5, 5.41) is 2.68. The van der Waals surface area contributed by atoms with Crippen LogP contribution in [0, 0.1) is 11.6 Å². The van der Waals surface area contributed by atoms with Crippen molar-refractivity contribution in [2.75, 3.05) is 13.7 Å². The van der Waals surface area contributed by atoms with Crippen LogP contribution in [0.4, 0.5) is 8.78 Å². The number of hydrogen-bond acceptors (Lipinski definition) is 3. The van der Waals surface area contributed by atoms with E-state index >= 15 is 0 Å². The number of amides is 1. The lowest BCUT2D eigenvalue weighted by molar-refractivity contribution is 0.0938. The number of ether oxygens (including phenoxy) is 1. The maximum Gasteiger partial charge on any atom is 0.252 e. The number of carbonyl (C=O) groups is 1. The molecule has 7 heteroatoms. The number of methoxy groups -OCH3 is 1. The monoisotopic (exact) mass is 350 g/mol. The molecule has 1 aromatic heterocycles. The maximum atomic E-state index is 13.7. The second-order valence-corrected chi connectivity index (χ2v) is 5.72. The molecule has 1 aromatic carbocycles. The first-order valence-electron chi connectivity index (χ1n) is 7.85. The molecule has 0 fully saturated rings. The van der Waals surface area contributed by atoms with Crippen LogP contribution in [-0.2, 0) is 17.7 Å². The fraction of sp³-hybridized carbons (Fsp3) is 0.333. The van der Waals surface area contributed by atoms with Gasteiger partial charge in [-0.25, -0.2) is 8.78 Å². The first-order valence-corrected chi connectivity index (χ1v) is 7.85. The molecule has 134 valence electrons. The number of nitrogens with zero attached hydrogens (tertiary/aromatic N) is 1. The molecule has 5 nitrogen and oxygen atoms in total. The van der Waals surface area contributed by atoms with Crippen LogP contribution in [0.5, 0.6) is 0 Å². The minimum absolute atomic E-state index is 0.0214. The van der Waals surface area contributed by atoms with Crippen LogP contribution in [-0.4, -0.2) is 30.2 Å². The van der Waals surface area contributed by atoms with Crippen LogP contribution < -0.4 is 10.9 Å². The number of hydrogen-bond donors (Lipinski definition) is 1. The van der Waals surface area contributed by atoms with Crippen LogP contribution in [0.1, 0.15) is 22.8 Å². The molecule has 0 saturated carbocycles. The lowest BCUT2D eigenvalue weighted by Gasteiger charge is -2.15. The first kappa shape index (κ1) is 18.8. The minimum atomic E-state index is -0.644. The van der Waals surface area contributed by atoms with Crippen molar-refractivity contribution in [3.8, 4) is 0 Å². The second kappa shape index (κ2) is 8.53. The van der Waals surface area contributed by atoms with E-state index in [0.29, 0.717) is 13.2 Å². The van der Waals surface area contributed by atoms with Gasteiger partial charge in [-0.3, -0.25) is 9.59 Å². The van der Waals surface area contributed by atoms with Crippen molar-refractivity contribution >= 4 is 5.91 Å². The van der Waals surface area contributed by atoms with Crippen LogP contribution in [0.3, 0.4) is 0 Å². The highest BCUT2D eigenvalue weighted by Crippen LogP contribution is 2.14. The molecular weight excluding hydrogens is 330 g/mol. The Morgan fingerprint density at radius 1 is 1.24 bits per heavy atom. The van der Waals surface area contributed by atoms with Crippen LogP contribution in [0.15, 0.2) is 41.3 Å². The molecule has 0 aliphatic carbocycles. The van der Waals surface area contributed by atoms with Crippen molar-refractivity contribution in [2.45, 2.75) is 25.9 Å². The Labute approximate surface area is 144 Å². The Bertz CT molecular complexity index is 785. The van der Waals surface area contributed by atoms with Gasteiger partial charge >= 0.3 is 0 Å². The molecule has 0 aliphatic rings. The van der Waals surface area contributed by atoms with Crippen molar-refractivity contribution in [1.29, 1.82) is 0 Å². The molecule has 1 atom stereocenters. The topological polar surface area (TPSA) is 60.3 Å². The van der Waals surface area contributed by atoms with E-state index in [2.05, 4.69) is 5.32 Å². The summed E-state index contributed by atoms with van der Waals surface area (Å²) in [5.41, 5.74) is -0.0213. The van der Waals surface area contributed by atoms with Gasteiger partial charge in [0.2, 0.25) is 0 Å². The lowest BCUT2D eigenvalue weighted by atomic mass is 10.1. The quantitative estimate of drug-likeness (QED) is 0.832. The fourth-order valence-corrected chi connectivity index (χ4v) is 2.42. The molecule has 0 bridgehead atoms. The summed E-state index contributed by atoms with van der Waals surface area (Å²) in [6, 6.07) is 5.87. The average molecular weight is 350 g/mol. The second-order valence-electron chi connectivity index (χ2n) is 5.72. The number of benzene rings is 1. The zero-order valence-electron chi connectivity index (χ0n) is 14.1. The van der Waals surface area contributed by atoms with E-state index in [4.69, 9.17) is 4.74 Å². The molecule has 0 saturated heterocycles. The number of aromatic nitrogens is 1. The smallest absolute Gasteiger partial charge is 0.252 e. The maximum absolute atomic E-state index is 13.7. The van der Waals surface area contributed by atoms with E-state index in [0.717, 1.165) is 0 Å². The molecule has 1 N–H and O–H groups in total. The lowest BCUT2D eigenvalue weighted by Crippen LogP contribution is -2.35. The zero-order chi connectivity index (χ0) is 18.4. The fourth-order valence-electron chi connectivity index (χ4n) is 2.42. The first-order chi connectivity index (χ1) is 11.9. The number of carbonyl (C=O) groups excluding carboxylic acids is 1. The highest BCUT2D eigenvalue weighted by Gasteiger charge is 2.15. The highest BCUT2D eigenvalue weighted by atomic mass is 19.1. The molecule has 0 radical (unpaired) electrons. The normalized spacial score (nSPS) is 12.0. The van der Waals surface area contributed by atoms with Crippen molar-refractivity contribution in [3.05, 3.63) is 69.6 Å². The Morgan fingerprint density at radius 2 is 1.92 bits per heavy atom. The van der Waals surface area contributed by atoms with Crippen molar-refractivity contribution in [3.63, 3.8) is 0 Å². The molecule has 1 amide bonds. The molecular formula is C18H20F2N2O3. The highest BCUT2D eigenvalue weighted by molar-refractivity contribution is 5.94. The predicted molar refractivity (Wildman–Crippen MR) is 89.6 cm³/mol. The van der Waals surface area contributed by atoms with Gasteiger partial charge in [-0.1, -0.05) is 6.07 Å². The summed E-state index contributed by atoms with van der Waals surface area (Å²) in [7, 11) is 1.52. The molecule has 2 aromatic rings. The SMILES string of the molecule is COCCn1cc(C(=O)N[C@H](C)Cc2c(F)cccc2F)ccc1=O. The zero-order valence-corrected chi connectivity index (χ0v) is 14.1. The van der Waals surface area contributed by atoms with Crippen molar-refractivity contribution in [1.82, 2.24) is 9.88 Å². The van der Waals surface area contributed by atoms with Crippen LogP contribution in [0.2, 0.25) is 0 Å². The summed E-state index contributed by atoms with van der Waals surface area (Å²) in [5.74, 6) is -1.71.